The van der Waals surface area contributed by atoms with Crippen molar-refractivity contribution in [3.63, 3.8) is 0 Å². The summed E-state index contributed by atoms with van der Waals surface area (Å²) in [6, 6.07) is 5.17. The van der Waals surface area contributed by atoms with Crippen molar-refractivity contribution in [1.29, 1.82) is 0 Å². The first-order chi connectivity index (χ1) is 12.5. The van der Waals surface area contributed by atoms with Gasteiger partial charge in [-0.25, -0.2) is 9.78 Å². The molecule has 8 heteroatoms. The highest BCUT2D eigenvalue weighted by Crippen LogP contribution is 2.24. The normalized spacial score (nSPS) is 11.8. The van der Waals surface area contributed by atoms with E-state index in [9.17, 15) is 9.59 Å². The molecule has 1 atom stereocenters. The van der Waals surface area contributed by atoms with Gasteiger partial charge >= 0.3 is 5.97 Å². The molecular formula is C18H23N3O4S. The van der Waals surface area contributed by atoms with Crippen LogP contribution in [0, 0.1) is 6.92 Å². The number of nitrogens with one attached hydrogen (secondary N) is 1. The zero-order valence-electron chi connectivity index (χ0n) is 15.2. The first kappa shape index (κ1) is 20.0. The fraction of sp³-hybridized carbons (Fsp3) is 0.444. The van der Waals surface area contributed by atoms with Crippen molar-refractivity contribution < 1.29 is 18.8 Å². The van der Waals surface area contributed by atoms with Crippen LogP contribution in [0.3, 0.4) is 0 Å². The highest BCUT2D eigenvalue weighted by atomic mass is 32.2. The van der Waals surface area contributed by atoms with Gasteiger partial charge in [-0.1, -0.05) is 30.3 Å². The number of pyridine rings is 1. The van der Waals surface area contributed by atoms with E-state index in [0.29, 0.717) is 16.3 Å². The second-order valence-corrected chi connectivity index (χ2v) is 6.87. The summed E-state index contributed by atoms with van der Waals surface area (Å²) in [7, 11) is 0. The van der Waals surface area contributed by atoms with Crippen LogP contribution >= 0.6 is 11.8 Å². The number of aryl methyl sites for hydroxylation is 1. The van der Waals surface area contributed by atoms with Crippen LogP contribution in [-0.4, -0.2) is 34.7 Å². The molecule has 0 radical (unpaired) electrons. The molecule has 0 spiro atoms. The van der Waals surface area contributed by atoms with Crippen molar-refractivity contribution in [1.82, 2.24) is 15.5 Å². The van der Waals surface area contributed by atoms with Crippen LogP contribution in [0.4, 0.5) is 0 Å². The Bertz CT molecular complexity index is 748. The Morgan fingerprint density at radius 1 is 1.42 bits per heavy atom. The Labute approximate surface area is 156 Å². The van der Waals surface area contributed by atoms with E-state index >= 15 is 0 Å². The lowest BCUT2D eigenvalue weighted by Gasteiger charge is -2.13. The van der Waals surface area contributed by atoms with Crippen molar-refractivity contribution in [2.45, 2.75) is 50.4 Å². The number of esters is 1. The Kier molecular flexibility index (Phi) is 7.65. The van der Waals surface area contributed by atoms with E-state index in [1.165, 1.54) is 11.8 Å². The predicted molar refractivity (Wildman–Crippen MR) is 97.8 cm³/mol. The van der Waals surface area contributed by atoms with Crippen LogP contribution in [-0.2, 0) is 15.3 Å². The molecular weight excluding hydrogens is 354 g/mol. The molecule has 2 heterocycles. The van der Waals surface area contributed by atoms with Gasteiger partial charge in [-0.3, -0.25) is 4.79 Å². The van der Waals surface area contributed by atoms with Gasteiger partial charge in [-0.05, 0) is 32.4 Å². The number of carbonyl (C=O) groups is 2. The van der Waals surface area contributed by atoms with Gasteiger partial charge in [-0.2, -0.15) is 0 Å². The summed E-state index contributed by atoms with van der Waals surface area (Å²) in [5.41, 5.74) is 1.09. The minimum absolute atomic E-state index is 0.0571. The second-order valence-electron chi connectivity index (χ2n) is 5.91. The van der Waals surface area contributed by atoms with Gasteiger partial charge in [-0.15, -0.1) is 0 Å². The van der Waals surface area contributed by atoms with Crippen LogP contribution < -0.4 is 5.32 Å². The van der Waals surface area contributed by atoms with Crippen LogP contribution in [0.2, 0.25) is 0 Å². The molecule has 0 fully saturated rings. The minimum Gasteiger partial charge on any atom is -0.452 e. The van der Waals surface area contributed by atoms with E-state index in [1.54, 1.807) is 18.3 Å². The number of aromatic nitrogens is 2. The largest absolute Gasteiger partial charge is 0.452 e. The Morgan fingerprint density at radius 2 is 2.23 bits per heavy atom. The van der Waals surface area contributed by atoms with Crippen LogP contribution in [0.5, 0.6) is 0 Å². The van der Waals surface area contributed by atoms with E-state index < -0.39 is 5.97 Å². The van der Waals surface area contributed by atoms with Gasteiger partial charge in [0, 0.05) is 24.1 Å². The molecule has 7 nitrogen and oxygen atoms in total. The lowest BCUT2D eigenvalue weighted by molar-refractivity contribution is -0.124. The molecule has 2 aromatic rings. The molecule has 0 aromatic carbocycles. The summed E-state index contributed by atoms with van der Waals surface area (Å²) in [5, 5.41) is 7.24. The summed E-state index contributed by atoms with van der Waals surface area (Å²) in [6.07, 6.45) is 3.46. The van der Waals surface area contributed by atoms with E-state index in [1.807, 2.05) is 26.8 Å². The standard InChI is InChI=1S/C18H23N3O4S/c1-4-6-12(2)20-16(22)10-24-18(23)15-7-5-8-19-17(15)26-11-14-9-13(3)25-21-14/h5,7-9,12H,4,6,10-11H2,1-3H3,(H,20,22)/t12-/m0/s1. The molecule has 1 N–H and O–H groups in total. The summed E-state index contributed by atoms with van der Waals surface area (Å²) in [5.74, 6) is 0.360. The number of ether oxygens (including phenoxy) is 1. The molecule has 0 aliphatic heterocycles. The molecule has 0 aliphatic carbocycles. The van der Waals surface area contributed by atoms with E-state index in [4.69, 9.17) is 9.26 Å². The summed E-state index contributed by atoms with van der Waals surface area (Å²) >= 11 is 1.36. The van der Waals surface area contributed by atoms with Crippen molar-refractivity contribution in [3.05, 3.63) is 41.4 Å². The molecule has 140 valence electrons. The van der Waals surface area contributed by atoms with Gasteiger partial charge in [0.05, 0.1) is 11.3 Å². The van der Waals surface area contributed by atoms with Crippen LogP contribution in [0.25, 0.3) is 0 Å². The third kappa shape index (κ3) is 6.18. The lowest BCUT2D eigenvalue weighted by Crippen LogP contribution is -2.35. The number of carbonyl (C=O) groups excluding carboxylic acids is 2. The third-order valence-corrected chi connectivity index (χ3v) is 4.53. The molecule has 2 rings (SSSR count). The predicted octanol–water partition coefficient (Wildman–Crippen LogP) is 3.13. The van der Waals surface area contributed by atoms with Crippen molar-refractivity contribution in [2.24, 2.45) is 0 Å². The fourth-order valence-electron chi connectivity index (χ4n) is 2.32. The van der Waals surface area contributed by atoms with E-state index in [-0.39, 0.29) is 18.6 Å². The number of hydrogen-bond acceptors (Lipinski definition) is 7. The zero-order chi connectivity index (χ0) is 18.9. The summed E-state index contributed by atoms with van der Waals surface area (Å²) < 4.78 is 10.2. The quantitative estimate of drug-likeness (QED) is 0.530. The molecule has 0 aliphatic rings. The van der Waals surface area contributed by atoms with Crippen LogP contribution in [0.1, 0.15) is 48.5 Å². The molecule has 0 unspecified atom stereocenters. The molecule has 2 aromatic heterocycles. The zero-order valence-corrected chi connectivity index (χ0v) is 16.0. The highest BCUT2D eigenvalue weighted by molar-refractivity contribution is 7.98. The summed E-state index contributed by atoms with van der Waals surface area (Å²) in [4.78, 5) is 28.4. The van der Waals surface area contributed by atoms with E-state index in [2.05, 4.69) is 15.5 Å². The second kappa shape index (κ2) is 9.96. The van der Waals surface area contributed by atoms with Gasteiger partial charge in [0.15, 0.2) is 6.61 Å². The average Bonchev–Trinajstić information content (AvgIpc) is 3.03. The number of thioether (sulfide) groups is 1. The van der Waals surface area contributed by atoms with Gasteiger partial charge in [0.25, 0.3) is 5.91 Å². The fourth-order valence-corrected chi connectivity index (χ4v) is 3.18. The van der Waals surface area contributed by atoms with Crippen LogP contribution in [0.15, 0.2) is 33.9 Å². The van der Waals surface area contributed by atoms with Crippen molar-refractivity contribution in [2.75, 3.05) is 6.61 Å². The third-order valence-electron chi connectivity index (χ3n) is 3.49. The Morgan fingerprint density at radius 3 is 2.92 bits per heavy atom. The number of rotatable bonds is 9. The molecule has 26 heavy (non-hydrogen) atoms. The SMILES string of the molecule is CCC[C@H](C)NC(=O)COC(=O)c1cccnc1SCc1cc(C)on1. The maximum atomic E-state index is 12.3. The first-order valence-electron chi connectivity index (χ1n) is 8.46. The van der Waals surface area contributed by atoms with Gasteiger partial charge in [0.2, 0.25) is 0 Å². The Balaban J connectivity index is 1.91. The van der Waals surface area contributed by atoms with E-state index in [0.717, 1.165) is 24.3 Å². The maximum Gasteiger partial charge on any atom is 0.341 e. The Hall–Kier alpha value is -2.35. The monoisotopic (exact) mass is 377 g/mol. The molecule has 1 amide bonds. The summed E-state index contributed by atoms with van der Waals surface area (Å²) in [6.45, 7) is 5.47. The molecule has 0 saturated heterocycles. The number of hydrogen-bond donors (Lipinski definition) is 1. The maximum absolute atomic E-state index is 12.3. The number of nitrogens with zero attached hydrogens (tertiary/aromatic N) is 2. The van der Waals surface area contributed by atoms with Crippen molar-refractivity contribution >= 4 is 23.6 Å². The molecule has 0 saturated carbocycles. The van der Waals surface area contributed by atoms with Crippen molar-refractivity contribution in [3.8, 4) is 0 Å². The lowest BCUT2D eigenvalue weighted by atomic mass is 10.2. The topological polar surface area (TPSA) is 94.3 Å². The average molecular weight is 377 g/mol. The first-order valence-corrected chi connectivity index (χ1v) is 9.44. The van der Waals surface area contributed by atoms with Gasteiger partial charge < -0.3 is 14.6 Å². The highest BCUT2D eigenvalue weighted by Gasteiger charge is 2.17. The smallest absolute Gasteiger partial charge is 0.341 e. The number of amides is 1. The van der Waals surface area contributed by atoms with Gasteiger partial charge in [0.1, 0.15) is 10.8 Å². The molecule has 0 bridgehead atoms. The minimum atomic E-state index is -0.574.